The quantitative estimate of drug-likeness (QED) is 0.450. The van der Waals surface area contributed by atoms with E-state index in [1.54, 1.807) is 6.21 Å². The number of benzene rings is 1. The summed E-state index contributed by atoms with van der Waals surface area (Å²) in [6.07, 6.45) is 1.67. The van der Waals surface area contributed by atoms with Crippen molar-refractivity contribution in [1.29, 1.82) is 0 Å². The summed E-state index contributed by atoms with van der Waals surface area (Å²) in [6, 6.07) is 7.51. The van der Waals surface area contributed by atoms with Gasteiger partial charge in [0.05, 0.1) is 0 Å². The van der Waals surface area contributed by atoms with E-state index in [0.29, 0.717) is 10.9 Å². The number of hydrogen-bond donors (Lipinski definition) is 0. The minimum absolute atomic E-state index is 0.444. The summed E-state index contributed by atoms with van der Waals surface area (Å²) in [7, 11) is -1.62. The monoisotopic (exact) mass is 253 g/mol. The van der Waals surface area contributed by atoms with E-state index in [1.807, 2.05) is 24.3 Å². The minimum atomic E-state index is -1.62. The van der Waals surface area contributed by atoms with E-state index in [0.717, 1.165) is 5.56 Å². The largest absolute Gasteiger partial charge is 0.532 e. The van der Waals surface area contributed by atoms with Crippen LogP contribution in [0, 0.1) is 0 Å². The van der Waals surface area contributed by atoms with Gasteiger partial charge >= 0.3 is 0 Å². The lowest BCUT2D eigenvalue weighted by molar-refractivity contribution is 0.421. The van der Waals surface area contributed by atoms with Crippen LogP contribution in [-0.2, 0) is 4.43 Å². The van der Waals surface area contributed by atoms with E-state index >= 15 is 0 Å². The summed E-state index contributed by atoms with van der Waals surface area (Å²) in [5.74, 6) is 0.444. The summed E-state index contributed by atoms with van der Waals surface area (Å²) in [5.41, 5.74) is 0.865. The molecular formula is C12H16ClNOSi. The van der Waals surface area contributed by atoms with Gasteiger partial charge in [0.2, 0.25) is 8.32 Å². The molecule has 0 fully saturated rings. The highest BCUT2D eigenvalue weighted by Gasteiger charge is 2.16. The van der Waals surface area contributed by atoms with Crippen molar-refractivity contribution in [3.63, 3.8) is 0 Å². The fourth-order valence-corrected chi connectivity index (χ4v) is 2.05. The Kier molecular flexibility index (Phi) is 4.32. The molecule has 2 nitrogen and oxygen atoms in total. The summed E-state index contributed by atoms with van der Waals surface area (Å²) >= 11 is 5.99. The maximum atomic E-state index is 5.99. The van der Waals surface area contributed by atoms with Gasteiger partial charge in [0.15, 0.2) is 5.88 Å². The third-order valence-corrected chi connectivity index (χ3v) is 2.87. The second-order valence-electron chi connectivity index (χ2n) is 4.39. The first-order valence-corrected chi connectivity index (χ1v) is 8.83. The Hall–Kier alpha value is -1.06. The molecule has 0 saturated carbocycles. The summed E-state index contributed by atoms with van der Waals surface area (Å²) in [5, 5.41) is 0.673. The molecule has 0 aromatic heterocycles. The molecule has 0 saturated heterocycles. The zero-order chi connectivity index (χ0) is 12.2. The number of hydrogen-bond acceptors (Lipinski definition) is 2. The van der Waals surface area contributed by atoms with Gasteiger partial charge in [-0.25, -0.2) is 4.99 Å². The Morgan fingerprint density at radius 2 is 2.00 bits per heavy atom. The molecule has 0 radical (unpaired) electrons. The van der Waals surface area contributed by atoms with Crippen LogP contribution < -0.4 is 0 Å². The van der Waals surface area contributed by atoms with Crippen LogP contribution in [-0.4, -0.2) is 14.5 Å². The Labute approximate surface area is 103 Å². The molecule has 0 heterocycles. The van der Waals surface area contributed by atoms with Gasteiger partial charge in [-0.1, -0.05) is 29.8 Å². The van der Waals surface area contributed by atoms with Crippen LogP contribution >= 0.6 is 11.6 Å². The number of aliphatic imine (C=N–C) groups is 1. The van der Waals surface area contributed by atoms with Crippen molar-refractivity contribution in [2.75, 3.05) is 0 Å². The number of rotatable bonds is 4. The van der Waals surface area contributed by atoms with Crippen LogP contribution in [0.15, 0.2) is 41.7 Å². The second kappa shape index (κ2) is 5.32. The lowest BCUT2D eigenvalue weighted by Gasteiger charge is -2.17. The first kappa shape index (κ1) is 13.0. The molecule has 0 aliphatic heterocycles. The van der Waals surface area contributed by atoms with Crippen LogP contribution in [0.2, 0.25) is 24.7 Å². The first-order chi connectivity index (χ1) is 7.38. The average Bonchev–Trinajstić information content (AvgIpc) is 2.14. The highest BCUT2D eigenvalue weighted by molar-refractivity contribution is 6.70. The molecular weight excluding hydrogens is 238 g/mol. The van der Waals surface area contributed by atoms with Gasteiger partial charge in [-0.3, -0.25) is 0 Å². The maximum Gasteiger partial charge on any atom is 0.244 e. The van der Waals surface area contributed by atoms with Crippen molar-refractivity contribution in [3.8, 4) is 0 Å². The smallest absolute Gasteiger partial charge is 0.244 e. The summed E-state index contributed by atoms with van der Waals surface area (Å²) in [6.45, 7) is 10.0. The summed E-state index contributed by atoms with van der Waals surface area (Å²) in [4.78, 5) is 4.15. The molecule has 0 N–H and O–H groups in total. The highest BCUT2D eigenvalue weighted by Crippen LogP contribution is 2.14. The molecule has 0 atom stereocenters. The van der Waals surface area contributed by atoms with Crippen molar-refractivity contribution < 1.29 is 4.43 Å². The fourth-order valence-electron chi connectivity index (χ4n) is 1.10. The lowest BCUT2D eigenvalue weighted by Crippen LogP contribution is -2.24. The van der Waals surface area contributed by atoms with E-state index < -0.39 is 8.32 Å². The van der Waals surface area contributed by atoms with Gasteiger partial charge in [-0.05, 0) is 32.3 Å². The zero-order valence-corrected chi connectivity index (χ0v) is 11.6. The second-order valence-corrected chi connectivity index (χ2v) is 9.22. The first-order valence-electron chi connectivity index (χ1n) is 5.05. The molecule has 4 heteroatoms. The van der Waals surface area contributed by atoms with E-state index in [2.05, 4.69) is 31.2 Å². The molecule has 0 aliphatic carbocycles. The Morgan fingerprint density at radius 1 is 1.38 bits per heavy atom. The number of nitrogens with zero attached hydrogens (tertiary/aromatic N) is 1. The van der Waals surface area contributed by atoms with Crippen molar-refractivity contribution in [3.05, 3.63) is 47.3 Å². The molecule has 0 bridgehead atoms. The maximum absolute atomic E-state index is 5.99. The van der Waals surface area contributed by atoms with Crippen LogP contribution in [0.25, 0.3) is 0 Å². The van der Waals surface area contributed by atoms with Gasteiger partial charge in [0.1, 0.15) is 0 Å². The summed E-state index contributed by atoms with van der Waals surface area (Å²) < 4.78 is 5.60. The van der Waals surface area contributed by atoms with Crippen LogP contribution in [0.1, 0.15) is 5.56 Å². The lowest BCUT2D eigenvalue weighted by atomic mass is 10.2. The SMILES string of the molecule is C=C(/N=C/c1ccccc1Cl)O[Si](C)(C)C. The molecule has 0 amide bonds. The molecule has 86 valence electrons. The van der Waals surface area contributed by atoms with E-state index in [9.17, 15) is 0 Å². The Bertz CT molecular complexity index is 410. The van der Waals surface area contributed by atoms with E-state index in [4.69, 9.17) is 16.0 Å². The third-order valence-electron chi connectivity index (χ3n) is 1.68. The molecule has 1 rings (SSSR count). The highest BCUT2D eigenvalue weighted by atomic mass is 35.5. The molecule has 16 heavy (non-hydrogen) atoms. The zero-order valence-electron chi connectivity index (χ0n) is 9.83. The third kappa shape index (κ3) is 4.64. The van der Waals surface area contributed by atoms with E-state index in [-0.39, 0.29) is 0 Å². The van der Waals surface area contributed by atoms with Gasteiger partial charge in [0, 0.05) is 16.8 Å². The van der Waals surface area contributed by atoms with Crippen molar-refractivity contribution in [2.24, 2.45) is 4.99 Å². The number of halogens is 1. The van der Waals surface area contributed by atoms with Gasteiger partial charge in [-0.2, -0.15) is 0 Å². The molecule has 1 aromatic carbocycles. The minimum Gasteiger partial charge on any atom is -0.532 e. The van der Waals surface area contributed by atoms with Crippen molar-refractivity contribution >= 4 is 26.1 Å². The molecule has 0 aliphatic rings. The van der Waals surface area contributed by atoms with Crippen LogP contribution in [0.5, 0.6) is 0 Å². The van der Waals surface area contributed by atoms with Crippen LogP contribution in [0.3, 0.4) is 0 Å². The molecule has 0 unspecified atom stereocenters. The Morgan fingerprint density at radius 3 is 2.56 bits per heavy atom. The predicted molar refractivity (Wildman–Crippen MR) is 72.6 cm³/mol. The van der Waals surface area contributed by atoms with Crippen LogP contribution in [0.4, 0.5) is 0 Å². The standard InChI is InChI=1S/C12H16ClNOSi/c1-10(15-16(2,3)4)14-9-11-7-5-6-8-12(11)13/h5-9H,1H2,2-4H3/b14-9+. The van der Waals surface area contributed by atoms with Gasteiger partial charge in [0.25, 0.3) is 0 Å². The predicted octanol–water partition coefficient (Wildman–Crippen LogP) is 4.08. The van der Waals surface area contributed by atoms with E-state index in [1.165, 1.54) is 0 Å². The topological polar surface area (TPSA) is 21.6 Å². The normalized spacial score (nSPS) is 11.8. The van der Waals surface area contributed by atoms with Gasteiger partial charge < -0.3 is 4.43 Å². The molecule has 1 aromatic rings. The average molecular weight is 254 g/mol. The van der Waals surface area contributed by atoms with Crippen molar-refractivity contribution in [1.82, 2.24) is 0 Å². The fraction of sp³-hybridized carbons (Fsp3) is 0.250. The van der Waals surface area contributed by atoms with Gasteiger partial charge in [-0.15, -0.1) is 0 Å². The Balaban J connectivity index is 2.68. The van der Waals surface area contributed by atoms with Crippen molar-refractivity contribution in [2.45, 2.75) is 19.6 Å². The molecule has 0 spiro atoms.